The highest BCUT2D eigenvalue weighted by Crippen LogP contribution is 2.36. The van der Waals surface area contributed by atoms with E-state index in [-0.39, 0.29) is 79.9 Å². The maximum absolute atomic E-state index is 15.2. The number of rotatable bonds is 11. The monoisotopic (exact) mass is 991 g/mol. The summed E-state index contributed by atoms with van der Waals surface area (Å²) in [5, 5.41) is 23.9. The molecule has 2 atom stereocenters. The number of nitrogens with zero attached hydrogens (tertiary/aromatic N) is 9. The Morgan fingerprint density at radius 3 is 2.41 bits per heavy atom. The number of ether oxygens (including phenoxy) is 1. The van der Waals surface area contributed by atoms with Gasteiger partial charge < -0.3 is 29.4 Å². The van der Waals surface area contributed by atoms with Gasteiger partial charge in [-0.15, -0.1) is 0 Å². The molecule has 5 aliphatic heterocycles. The third kappa shape index (κ3) is 9.32. The lowest BCUT2D eigenvalue weighted by molar-refractivity contribution is -0.138. The van der Waals surface area contributed by atoms with Crippen molar-refractivity contribution in [3.8, 4) is 23.3 Å². The van der Waals surface area contributed by atoms with E-state index in [1.807, 2.05) is 17.0 Å². The highest BCUT2D eigenvalue weighted by atomic mass is 32.2. The molecule has 0 unspecified atom stereocenters. The van der Waals surface area contributed by atoms with Crippen LogP contribution >= 0.6 is 0 Å². The summed E-state index contributed by atoms with van der Waals surface area (Å²) in [5.41, 5.74) is 0.470. The minimum absolute atomic E-state index is 0.0206. The van der Waals surface area contributed by atoms with Gasteiger partial charge in [0.05, 0.1) is 40.5 Å². The fourth-order valence-corrected chi connectivity index (χ4v) is 11.1. The van der Waals surface area contributed by atoms with Crippen LogP contribution in [0, 0.1) is 17.1 Å². The Labute approximate surface area is 405 Å². The molecule has 23 heteroatoms. The molecule has 20 nitrogen and oxygen atoms in total. The molecule has 0 bridgehead atoms. The standard InChI is InChI=1S/C48H47F2N11O9S/c49-30-11-14-59(27-30)71(68,69)55-39-7-5-37(50)44(36(39)24-51)70-33-3-6-38-35(22-33)47(66)61(28-53-38)32-2-9-41(52-25-32)57-17-19-58(20-18-57)43(63)23-48(67)12-15-56(16-13-48)31-1-4-34-29(21-31)26-60(46(34)65)40-8-10-42(62)54-45(40)64/h1-7,9,21-22,25,28,30,40,55,67H,8,10-20,23,26-27H2,(H,54,62,64)/t30-,40+/m1/s1. The van der Waals surface area contributed by atoms with Crippen molar-refractivity contribution in [1.82, 2.24) is 34.0 Å². The maximum atomic E-state index is 15.2. The Balaban J connectivity index is 0.736. The molecule has 368 valence electrons. The number of pyridine rings is 1. The molecule has 3 aromatic carbocycles. The molecule has 2 aromatic heterocycles. The van der Waals surface area contributed by atoms with E-state index in [4.69, 9.17) is 4.74 Å². The number of aromatic nitrogens is 3. The van der Waals surface area contributed by atoms with E-state index in [0.29, 0.717) is 74.7 Å². The zero-order valence-electron chi connectivity index (χ0n) is 38.1. The van der Waals surface area contributed by atoms with Crippen molar-refractivity contribution in [2.75, 3.05) is 66.9 Å². The number of fused-ring (bicyclic) bond motifs is 2. The van der Waals surface area contributed by atoms with Crippen molar-refractivity contribution in [2.45, 2.75) is 62.9 Å². The number of imide groups is 1. The number of nitriles is 1. The molecule has 4 amide bonds. The average Bonchev–Trinajstić information content (AvgIpc) is 3.95. The quantitative estimate of drug-likeness (QED) is 0.161. The van der Waals surface area contributed by atoms with Gasteiger partial charge >= 0.3 is 10.2 Å². The number of halogens is 2. The van der Waals surface area contributed by atoms with Crippen LogP contribution in [0.15, 0.2) is 78.0 Å². The van der Waals surface area contributed by atoms with Gasteiger partial charge in [-0.05, 0) is 91.9 Å². The lowest BCUT2D eigenvalue weighted by Gasteiger charge is -2.41. The molecule has 7 heterocycles. The topological polar surface area (TPSA) is 244 Å². The van der Waals surface area contributed by atoms with E-state index in [1.54, 1.807) is 29.2 Å². The second-order valence-corrected chi connectivity index (χ2v) is 20.0. The first-order chi connectivity index (χ1) is 34.1. The number of amides is 4. The van der Waals surface area contributed by atoms with Gasteiger partial charge in [-0.25, -0.2) is 18.7 Å². The summed E-state index contributed by atoms with van der Waals surface area (Å²) >= 11 is 0. The Hall–Kier alpha value is -7.55. The molecule has 0 saturated carbocycles. The largest absolute Gasteiger partial charge is 0.453 e. The minimum atomic E-state index is -4.27. The number of carbonyl (C=O) groups is 4. The molecule has 71 heavy (non-hydrogen) atoms. The Morgan fingerprint density at radius 1 is 0.930 bits per heavy atom. The number of hydrogen-bond donors (Lipinski definition) is 3. The van der Waals surface area contributed by atoms with Crippen molar-refractivity contribution in [2.24, 2.45) is 0 Å². The molecule has 5 aliphatic rings. The Kier molecular flexibility index (Phi) is 12.4. The molecule has 4 fully saturated rings. The van der Waals surface area contributed by atoms with Crippen molar-refractivity contribution in [3.05, 3.63) is 106 Å². The minimum Gasteiger partial charge on any atom is -0.453 e. The van der Waals surface area contributed by atoms with Gasteiger partial charge in [0.1, 0.15) is 41.7 Å². The van der Waals surface area contributed by atoms with E-state index in [1.165, 1.54) is 40.2 Å². The summed E-state index contributed by atoms with van der Waals surface area (Å²) in [6.45, 7) is 2.63. The van der Waals surface area contributed by atoms with Gasteiger partial charge in [0.2, 0.25) is 17.7 Å². The zero-order chi connectivity index (χ0) is 49.8. The van der Waals surface area contributed by atoms with E-state index in [2.05, 4.69) is 24.9 Å². The molecule has 3 N–H and O–H groups in total. The molecular weight excluding hydrogens is 945 g/mol. The summed E-state index contributed by atoms with van der Waals surface area (Å²) in [4.78, 5) is 81.1. The first-order valence-corrected chi connectivity index (χ1v) is 24.6. The first kappa shape index (κ1) is 47.1. The normalized spacial score (nSPS) is 20.5. The zero-order valence-corrected chi connectivity index (χ0v) is 38.9. The number of piperidine rings is 2. The number of aliphatic hydroxyl groups is 1. The second-order valence-electron chi connectivity index (χ2n) is 18.3. The summed E-state index contributed by atoms with van der Waals surface area (Å²) < 4.78 is 65.0. The summed E-state index contributed by atoms with van der Waals surface area (Å²) in [6, 6.07) is 16.3. The predicted molar refractivity (Wildman–Crippen MR) is 252 cm³/mol. The molecule has 0 radical (unpaired) electrons. The van der Waals surface area contributed by atoms with Crippen LogP contribution in [0.4, 0.5) is 26.0 Å². The lowest BCUT2D eigenvalue weighted by Crippen LogP contribution is -2.52. The van der Waals surface area contributed by atoms with E-state index in [0.717, 1.165) is 27.7 Å². The average molecular weight is 992 g/mol. The van der Waals surface area contributed by atoms with Gasteiger partial charge in [-0.2, -0.15) is 18.0 Å². The van der Waals surface area contributed by atoms with Crippen LogP contribution in [0.1, 0.15) is 60.0 Å². The lowest BCUT2D eigenvalue weighted by atomic mass is 9.87. The van der Waals surface area contributed by atoms with Gasteiger partial charge in [-0.3, -0.25) is 38.6 Å². The van der Waals surface area contributed by atoms with Gasteiger partial charge in [0.15, 0.2) is 11.6 Å². The number of hydrogen-bond acceptors (Lipinski definition) is 14. The highest BCUT2D eigenvalue weighted by Gasteiger charge is 2.41. The molecule has 0 spiro atoms. The fraction of sp³-hybridized carbons (Fsp3) is 0.375. The molecular formula is C48H47F2N11O9S. The van der Waals surface area contributed by atoms with Crippen molar-refractivity contribution in [3.63, 3.8) is 0 Å². The number of carbonyl (C=O) groups excluding carboxylic acids is 4. The van der Waals surface area contributed by atoms with Crippen LogP contribution in [-0.2, 0) is 31.1 Å². The van der Waals surface area contributed by atoms with Crippen LogP contribution in [0.25, 0.3) is 16.6 Å². The number of benzene rings is 3. The van der Waals surface area contributed by atoms with Crippen LogP contribution in [-0.4, -0.2) is 136 Å². The smallest absolute Gasteiger partial charge is 0.301 e. The number of nitrogens with one attached hydrogen (secondary N) is 2. The molecule has 4 saturated heterocycles. The molecule has 0 aliphatic carbocycles. The van der Waals surface area contributed by atoms with Gasteiger partial charge in [0.25, 0.3) is 11.5 Å². The van der Waals surface area contributed by atoms with Crippen LogP contribution < -0.4 is 30.1 Å². The van der Waals surface area contributed by atoms with E-state index < -0.39 is 56.6 Å². The Morgan fingerprint density at radius 2 is 1.70 bits per heavy atom. The third-order valence-electron chi connectivity index (χ3n) is 13.9. The third-order valence-corrected chi connectivity index (χ3v) is 15.3. The van der Waals surface area contributed by atoms with Crippen LogP contribution in [0.3, 0.4) is 0 Å². The molecule has 5 aromatic rings. The summed E-state index contributed by atoms with van der Waals surface area (Å²) in [5.74, 6) is -2.16. The fourth-order valence-electron chi connectivity index (χ4n) is 9.83. The molecule has 10 rings (SSSR count). The van der Waals surface area contributed by atoms with Crippen molar-refractivity contribution < 1.29 is 46.2 Å². The highest BCUT2D eigenvalue weighted by molar-refractivity contribution is 7.90. The van der Waals surface area contributed by atoms with Gasteiger partial charge in [0, 0.05) is 76.6 Å². The number of anilines is 3. The Bertz CT molecular complexity index is 3210. The van der Waals surface area contributed by atoms with Crippen LogP contribution in [0.5, 0.6) is 11.5 Å². The SMILES string of the molecule is N#Cc1c(NS(=O)(=O)N2CC[C@@H](F)C2)ccc(F)c1Oc1ccc2ncn(-c3ccc(N4CCN(C(=O)CC5(O)CCN(c6ccc7c(c6)CN([C@H]6CCC(=O)NC6=O)C7=O)CC5)CC4)nc3)c(=O)c2c1. The summed E-state index contributed by atoms with van der Waals surface area (Å²) in [6.07, 6.45) is 2.73. The van der Waals surface area contributed by atoms with Crippen molar-refractivity contribution >= 4 is 61.9 Å². The first-order valence-electron chi connectivity index (χ1n) is 23.1. The summed E-state index contributed by atoms with van der Waals surface area (Å²) in [7, 11) is -4.27. The second kappa shape index (κ2) is 18.6. The predicted octanol–water partition coefficient (Wildman–Crippen LogP) is 3.12. The van der Waals surface area contributed by atoms with E-state index in [9.17, 15) is 47.1 Å². The van der Waals surface area contributed by atoms with Crippen LogP contribution in [0.2, 0.25) is 0 Å². The number of piperazine rings is 1. The van der Waals surface area contributed by atoms with Crippen molar-refractivity contribution in [1.29, 1.82) is 5.26 Å². The number of alkyl halides is 1. The van der Waals surface area contributed by atoms with Gasteiger partial charge in [-0.1, -0.05) is 0 Å². The van der Waals surface area contributed by atoms with E-state index >= 15 is 4.39 Å². The maximum Gasteiger partial charge on any atom is 0.301 e.